The fourth-order valence-electron chi connectivity index (χ4n) is 3.58. The molecule has 33 heavy (non-hydrogen) atoms. The van der Waals surface area contributed by atoms with Gasteiger partial charge in [0.15, 0.2) is 0 Å². The van der Waals surface area contributed by atoms with Crippen LogP contribution < -0.4 is 14.4 Å². The molecule has 0 saturated carbocycles. The lowest BCUT2D eigenvalue weighted by Gasteiger charge is -2.24. The van der Waals surface area contributed by atoms with Crippen LogP contribution in [0.3, 0.4) is 0 Å². The first-order valence-corrected chi connectivity index (χ1v) is 12.1. The van der Waals surface area contributed by atoms with Crippen LogP contribution in [0.4, 0.5) is 11.4 Å². The second kappa shape index (κ2) is 9.66. The van der Waals surface area contributed by atoms with Gasteiger partial charge in [-0.05, 0) is 61.7 Å². The molecule has 8 nitrogen and oxygen atoms in total. The first-order valence-electron chi connectivity index (χ1n) is 10.6. The molecule has 0 unspecified atom stereocenters. The topological polar surface area (TPSA) is 93.5 Å². The van der Waals surface area contributed by atoms with E-state index in [1.165, 1.54) is 11.8 Å². The summed E-state index contributed by atoms with van der Waals surface area (Å²) in [5.74, 6) is 0.502. The average molecular weight is 471 g/mol. The van der Waals surface area contributed by atoms with Gasteiger partial charge in [0, 0.05) is 12.7 Å². The van der Waals surface area contributed by atoms with Crippen molar-refractivity contribution in [3.8, 4) is 5.75 Å². The van der Waals surface area contributed by atoms with Crippen molar-refractivity contribution < 1.29 is 17.9 Å². The van der Waals surface area contributed by atoms with Crippen molar-refractivity contribution in [3.05, 3.63) is 65.5 Å². The molecule has 3 aromatic rings. The summed E-state index contributed by atoms with van der Waals surface area (Å²) in [4.78, 5) is 13.0. The van der Waals surface area contributed by atoms with Crippen LogP contribution in [-0.2, 0) is 21.9 Å². The lowest BCUT2D eigenvalue weighted by molar-refractivity contribution is -0.114. The van der Waals surface area contributed by atoms with Crippen molar-refractivity contribution in [1.29, 1.82) is 0 Å². The Morgan fingerprint density at radius 2 is 1.70 bits per heavy atom. The highest BCUT2D eigenvalue weighted by atomic mass is 32.2. The van der Waals surface area contributed by atoms with Gasteiger partial charge in [-0.2, -0.15) is 5.10 Å². The molecule has 0 radical (unpaired) electrons. The van der Waals surface area contributed by atoms with Crippen LogP contribution in [0.5, 0.6) is 5.75 Å². The lowest BCUT2D eigenvalue weighted by Crippen LogP contribution is -2.38. The number of aryl methyl sites for hydroxylation is 2. The average Bonchev–Trinajstić information content (AvgIpc) is 3.04. The molecule has 0 atom stereocenters. The summed E-state index contributed by atoms with van der Waals surface area (Å²) in [6.45, 7) is 7.12. The second-order valence-corrected chi connectivity index (χ2v) is 9.96. The van der Waals surface area contributed by atoms with Gasteiger partial charge in [0.2, 0.25) is 5.91 Å². The smallest absolute Gasteiger partial charge is 0.268 e. The number of amides is 1. The van der Waals surface area contributed by atoms with Crippen molar-refractivity contribution in [3.63, 3.8) is 0 Å². The molecule has 1 aromatic heterocycles. The standard InChI is InChI=1S/C24H30N4O4S/c1-16(2)19-7-9-20(10-8-19)25-23(29)15-28(21-11-13-22(32-6)14-12-21)33(30,31)24-17(3)26-27(5)18(24)4/h7-14,16H,15H2,1-6H3,(H,25,29). The van der Waals surface area contributed by atoms with Crippen molar-refractivity contribution in [2.75, 3.05) is 23.3 Å². The Kier molecular flexibility index (Phi) is 7.12. The molecule has 0 spiro atoms. The van der Waals surface area contributed by atoms with E-state index in [9.17, 15) is 13.2 Å². The van der Waals surface area contributed by atoms with Crippen LogP contribution in [0.1, 0.15) is 36.7 Å². The van der Waals surface area contributed by atoms with Crippen molar-refractivity contribution in [1.82, 2.24) is 9.78 Å². The number of methoxy groups -OCH3 is 1. The minimum Gasteiger partial charge on any atom is -0.497 e. The number of nitrogens with one attached hydrogen (secondary N) is 1. The fourth-order valence-corrected chi connectivity index (χ4v) is 5.41. The molecular formula is C24H30N4O4S. The second-order valence-electron chi connectivity index (χ2n) is 8.16. The maximum atomic E-state index is 13.7. The molecule has 0 aliphatic heterocycles. The van der Waals surface area contributed by atoms with Crippen LogP contribution in [0.25, 0.3) is 0 Å². The summed E-state index contributed by atoms with van der Waals surface area (Å²) >= 11 is 0. The number of rotatable bonds is 8. The summed E-state index contributed by atoms with van der Waals surface area (Å²) in [7, 11) is -0.852. The maximum absolute atomic E-state index is 13.7. The van der Waals surface area contributed by atoms with Crippen molar-refractivity contribution in [2.24, 2.45) is 7.05 Å². The van der Waals surface area contributed by atoms with Crippen LogP contribution in [0.2, 0.25) is 0 Å². The Bertz CT molecular complexity index is 1230. The molecule has 0 saturated heterocycles. The molecule has 1 N–H and O–H groups in total. The molecule has 1 heterocycles. The zero-order chi connectivity index (χ0) is 24.3. The highest BCUT2D eigenvalue weighted by Gasteiger charge is 2.32. The van der Waals surface area contributed by atoms with E-state index in [0.29, 0.717) is 34.4 Å². The number of nitrogens with zero attached hydrogens (tertiary/aromatic N) is 3. The summed E-state index contributed by atoms with van der Waals surface area (Å²) in [6.07, 6.45) is 0. The minimum atomic E-state index is -4.07. The van der Waals surface area contributed by atoms with Gasteiger partial charge in [-0.25, -0.2) is 8.42 Å². The maximum Gasteiger partial charge on any atom is 0.268 e. The summed E-state index contributed by atoms with van der Waals surface area (Å²) in [5.41, 5.74) is 2.97. The monoisotopic (exact) mass is 470 g/mol. The Labute approximate surface area is 195 Å². The lowest BCUT2D eigenvalue weighted by atomic mass is 10.0. The van der Waals surface area contributed by atoms with Crippen molar-refractivity contribution in [2.45, 2.75) is 38.5 Å². The predicted molar refractivity (Wildman–Crippen MR) is 129 cm³/mol. The van der Waals surface area contributed by atoms with Gasteiger partial charge in [-0.15, -0.1) is 0 Å². The Balaban J connectivity index is 1.95. The molecule has 0 aliphatic rings. The number of benzene rings is 2. The number of carbonyl (C=O) groups is 1. The van der Waals surface area contributed by atoms with Crippen LogP contribution in [0.15, 0.2) is 53.4 Å². The third-order valence-corrected chi connectivity index (χ3v) is 7.53. The number of anilines is 2. The molecule has 3 rings (SSSR count). The number of hydrogen-bond donors (Lipinski definition) is 1. The van der Waals surface area contributed by atoms with Gasteiger partial charge >= 0.3 is 0 Å². The molecule has 9 heteroatoms. The largest absolute Gasteiger partial charge is 0.497 e. The zero-order valence-corrected chi connectivity index (χ0v) is 20.6. The number of aromatic nitrogens is 2. The van der Waals surface area contributed by atoms with E-state index in [4.69, 9.17) is 4.74 Å². The molecule has 0 bridgehead atoms. The minimum absolute atomic E-state index is 0.0925. The molecular weight excluding hydrogens is 440 g/mol. The van der Waals surface area contributed by atoms with Gasteiger partial charge in [-0.3, -0.25) is 13.8 Å². The van der Waals surface area contributed by atoms with E-state index in [2.05, 4.69) is 24.3 Å². The molecule has 2 aromatic carbocycles. The van der Waals surface area contributed by atoms with E-state index in [0.717, 1.165) is 9.87 Å². The quantitative estimate of drug-likeness (QED) is 0.537. The summed E-state index contributed by atoms with van der Waals surface area (Å²) in [5, 5.41) is 7.04. The predicted octanol–water partition coefficient (Wildman–Crippen LogP) is 4.00. The third-order valence-electron chi connectivity index (χ3n) is 5.50. The Hall–Kier alpha value is -3.33. The summed E-state index contributed by atoms with van der Waals surface area (Å²) in [6, 6.07) is 14.1. The number of ether oxygens (including phenoxy) is 1. The normalized spacial score (nSPS) is 11.5. The first-order chi connectivity index (χ1) is 15.5. The highest BCUT2D eigenvalue weighted by Crippen LogP contribution is 2.29. The van der Waals surface area contributed by atoms with E-state index in [-0.39, 0.29) is 4.90 Å². The molecule has 0 aliphatic carbocycles. The van der Waals surface area contributed by atoms with Gasteiger partial charge in [0.05, 0.1) is 24.2 Å². The van der Waals surface area contributed by atoms with Crippen LogP contribution >= 0.6 is 0 Å². The zero-order valence-electron chi connectivity index (χ0n) is 19.8. The van der Waals surface area contributed by atoms with E-state index < -0.39 is 22.5 Å². The Morgan fingerprint density at radius 3 is 2.18 bits per heavy atom. The number of hydrogen-bond acceptors (Lipinski definition) is 5. The van der Waals surface area contributed by atoms with Crippen LogP contribution in [0, 0.1) is 13.8 Å². The highest BCUT2D eigenvalue weighted by molar-refractivity contribution is 7.93. The Morgan fingerprint density at radius 1 is 1.09 bits per heavy atom. The molecule has 1 amide bonds. The SMILES string of the molecule is COc1ccc(N(CC(=O)Nc2ccc(C(C)C)cc2)S(=O)(=O)c2c(C)nn(C)c2C)cc1. The number of sulfonamides is 1. The van der Waals surface area contributed by atoms with E-state index in [1.54, 1.807) is 45.2 Å². The first kappa shape index (κ1) is 24.3. The van der Waals surface area contributed by atoms with Gasteiger partial charge in [0.25, 0.3) is 10.0 Å². The van der Waals surface area contributed by atoms with Gasteiger partial charge < -0.3 is 10.1 Å². The third kappa shape index (κ3) is 5.19. The number of carbonyl (C=O) groups excluding carboxylic acids is 1. The molecule has 176 valence electrons. The fraction of sp³-hybridized carbons (Fsp3) is 0.333. The van der Waals surface area contributed by atoms with Crippen molar-refractivity contribution >= 4 is 27.3 Å². The van der Waals surface area contributed by atoms with E-state index >= 15 is 0 Å². The van der Waals surface area contributed by atoms with Gasteiger partial charge in [0.1, 0.15) is 17.2 Å². The van der Waals surface area contributed by atoms with E-state index in [1.807, 2.05) is 24.3 Å². The van der Waals surface area contributed by atoms with Gasteiger partial charge in [-0.1, -0.05) is 26.0 Å². The summed E-state index contributed by atoms with van der Waals surface area (Å²) < 4.78 is 35.2. The van der Waals surface area contributed by atoms with Crippen LogP contribution in [-0.4, -0.2) is 37.8 Å². The molecule has 0 fully saturated rings.